The highest BCUT2D eigenvalue weighted by molar-refractivity contribution is 7.89. The van der Waals surface area contributed by atoms with Crippen LogP contribution in [0, 0.1) is 0 Å². The maximum atomic E-state index is 12.5. The van der Waals surface area contributed by atoms with Crippen molar-refractivity contribution in [2.45, 2.75) is 25.2 Å². The van der Waals surface area contributed by atoms with Gasteiger partial charge < -0.3 is 19.7 Å². The molecule has 0 spiro atoms. The van der Waals surface area contributed by atoms with Gasteiger partial charge in [-0.15, -0.1) is 0 Å². The number of carbonyl (C=O) groups excluding carboxylic acids is 1. The third-order valence-electron chi connectivity index (χ3n) is 4.59. The normalized spacial score (nSPS) is 11.1. The minimum Gasteiger partial charge on any atom is -0.493 e. The fourth-order valence-corrected chi connectivity index (χ4v) is 3.98. The highest BCUT2D eigenvalue weighted by atomic mass is 32.2. The zero-order valence-corrected chi connectivity index (χ0v) is 18.6. The van der Waals surface area contributed by atoms with Gasteiger partial charge in [-0.1, -0.05) is 0 Å². The largest absolute Gasteiger partial charge is 0.493 e. The summed E-state index contributed by atoms with van der Waals surface area (Å²) in [5.41, 5.74) is 1.75. The number of hydrogen-bond acceptors (Lipinski definition) is 6. The summed E-state index contributed by atoms with van der Waals surface area (Å²) in [6.07, 6.45) is 0.00428. The molecule has 0 saturated heterocycles. The van der Waals surface area contributed by atoms with Crippen molar-refractivity contribution in [1.82, 2.24) is 4.72 Å². The van der Waals surface area contributed by atoms with Crippen molar-refractivity contribution in [3.8, 4) is 11.5 Å². The summed E-state index contributed by atoms with van der Waals surface area (Å²) in [5.74, 6) is 0.467. The van der Waals surface area contributed by atoms with E-state index in [1.807, 2.05) is 24.3 Å². The number of sulfonamides is 1. The molecule has 0 aliphatic rings. The molecule has 0 heterocycles. The molecule has 2 N–H and O–H groups in total. The number of rotatable bonds is 11. The van der Waals surface area contributed by atoms with Crippen molar-refractivity contribution >= 4 is 27.3 Å². The van der Waals surface area contributed by atoms with Crippen LogP contribution in [0.25, 0.3) is 0 Å². The van der Waals surface area contributed by atoms with E-state index in [0.29, 0.717) is 17.2 Å². The van der Waals surface area contributed by atoms with E-state index < -0.39 is 10.0 Å². The van der Waals surface area contributed by atoms with Crippen LogP contribution in [0.2, 0.25) is 0 Å². The Labute approximate surface area is 178 Å². The molecule has 0 atom stereocenters. The van der Waals surface area contributed by atoms with E-state index in [4.69, 9.17) is 9.47 Å². The van der Waals surface area contributed by atoms with E-state index in [-0.39, 0.29) is 23.8 Å². The predicted molar refractivity (Wildman–Crippen MR) is 118 cm³/mol. The zero-order chi connectivity index (χ0) is 22.1. The average Bonchev–Trinajstić information content (AvgIpc) is 2.75. The van der Waals surface area contributed by atoms with Crippen LogP contribution in [0.15, 0.2) is 47.4 Å². The van der Waals surface area contributed by atoms with Crippen LogP contribution < -0.4 is 24.4 Å². The highest BCUT2D eigenvalue weighted by Gasteiger charge is 2.17. The molecule has 0 unspecified atom stereocenters. The van der Waals surface area contributed by atoms with Gasteiger partial charge in [-0.05, 0) is 50.2 Å². The van der Waals surface area contributed by atoms with Crippen molar-refractivity contribution < 1.29 is 22.7 Å². The van der Waals surface area contributed by atoms with E-state index >= 15 is 0 Å². The molecule has 164 valence electrons. The molecule has 0 saturated carbocycles. The van der Waals surface area contributed by atoms with Gasteiger partial charge in [-0.25, -0.2) is 13.1 Å². The molecule has 0 aliphatic carbocycles. The maximum absolute atomic E-state index is 12.5. The van der Waals surface area contributed by atoms with Gasteiger partial charge >= 0.3 is 0 Å². The molecule has 0 fully saturated rings. The van der Waals surface area contributed by atoms with Crippen molar-refractivity contribution in [1.29, 1.82) is 0 Å². The molecule has 9 heteroatoms. The SMILES string of the molecule is CCN(CC)c1ccc(NC(=O)CCNS(=O)(=O)c2ccc(OC)c(OC)c2)cc1. The second-order valence-electron chi connectivity index (χ2n) is 6.43. The van der Waals surface area contributed by atoms with Crippen molar-refractivity contribution in [3.63, 3.8) is 0 Å². The van der Waals surface area contributed by atoms with Crippen LogP contribution in [0.5, 0.6) is 11.5 Å². The Balaban J connectivity index is 1.90. The number of amides is 1. The Morgan fingerprint density at radius 3 is 2.17 bits per heavy atom. The van der Waals surface area contributed by atoms with Crippen molar-refractivity contribution in [3.05, 3.63) is 42.5 Å². The van der Waals surface area contributed by atoms with E-state index in [1.54, 1.807) is 0 Å². The maximum Gasteiger partial charge on any atom is 0.240 e. The summed E-state index contributed by atoms with van der Waals surface area (Å²) in [5, 5.41) is 2.77. The zero-order valence-electron chi connectivity index (χ0n) is 17.8. The third-order valence-corrected chi connectivity index (χ3v) is 6.05. The quantitative estimate of drug-likeness (QED) is 0.563. The van der Waals surface area contributed by atoms with E-state index in [0.717, 1.165) is 18.8 Å². The molecule has 0 aliphatic heterocycles. The fourth-order valence-electron chi connectivity index (χ4n) is 2.93. The lowest BCUT2D eigenvalue weighted by molar-refractivity contribution is -0.116. The minimum absolute atomic E-state index is 0.00428. The number of benzene rings is 2. The van der Waals surface area contributed by atoms with Gasteiger partial charge in [-0.2, -0.15) is 0 Å². The Kier molecular flexibility index (Phi) is 8.49. The lowest BCUT2D eigenvalue weighted by atomic mass is 10.2. The van der Waals surface area contributed by atoms with Crippen LogP contribution >= 0.6 is 0 Å². The summed E-state index contributed by atoms with van der Waals surface area (Å²) in [6, 6.07) is 11.9. The lowest BCUT2D eigenvalue weighted by Crippen LogP contribution is -2.28. The van der Waals surface area contributed by atoms with Crippen LogP contribution in [-0.4, -0.2) is 48.2 Å². The Morgan fingerprint density at radius 2 is 1.60 bits per heavy atom. The molecule has 2 aromatic rings. The van der Waals surface area contributed by atoms with Crippen molar-refractivity contribution in [2.24, 2.45) is 0 Å². The van der Waals surface area contributed by atoms with Gasteiger partial charge in [0.25, 0.3) is 0 Å². The first-order chi connectivity index (χ1) is 14.3. The van der Waals surface area contributed by atoms with Gasteiger partial charge in [-0.3, -0.25) is 4.79 Å². The van der Waals surface area contributed by atoms with Crippen LogP contribution in [-0.2, 0) is 14.8 Å². The summed E-state index contributed by atoms with van der Waals surface area (Å²) in [7, 11) is -0.875. The standard InChI is InChI=1S/C21H29N3O5S/c1-5-24(6-2)17-9-7-16(8-10-17)23-21(25)13-14-22-30(26,27)18-11-12-19(28-3)20(15-18)29-4/h7-12,15,22H,5-6,13-14H2,1-4H3,(H,23,25). The second-order valence-corrected chi connectivity index (χ2v) is 8.20. The predicted octanol–water partition coefficient (Wildman–Crippen LogP) is 2.86. The molecular formula is C21H29N3O5S. The van der Waals surface area contributed by atoms with Gasteiger partial charge in [0.05, 0.1) is 19.1 Å². The van der Waals surface area contributed by atoms with Crippen LogP contribution in [0.4, 0.5) is 11.4 Å². The molecule has 8 nitrogen and oxygen atoms in total. The Morgan fingerprint density at radius 1 is 0.967 bits per heavy atom. The summed E-state index contributed by atoms with van der Waals surface area (Å²) >= 11 is 0. The molecule has 0 bridgehead atoms. The van der Waals surface area contributed by atoms with Gasteiger partial charge in [0.2, 0.25) is 15.9 Å². The molecule has 2 aromatic carbocycles. The van der Waals surface area contributed by atoms with Gasteiger partial charge in [0.1, 0.15) is 0 Å². The number of hydrogen-bond donors (Lipinski definition) is 2. The Bertz CT molecular complexity index is 942. The summed E-state index contributed by atoms with van der Waals surface area (Å²) < 4.78 is 37.6. The highest BCUT2D eigenvalue weighted by Crippen LogP contribution is 2.29. The number of ether oxygens (including phenoxy) is 2. The monoisotopic (exact) mass is 435 g/mol. The Hall–Kier alpha value is -2.78. The van der Waals surface area contributed by atoms with Gasteiger partial charge in [0, 0.05) is 43.5 Å². The number of nitrogens with one attached hydrogen (secondary N) is 2. The average molecular weight is 436 g/mol. The summed E-state index contributed by atoms with van der Waals surface area (Å²) in [6.45, 7) is 5.95. The molecule has 1 amide bonds. The molecule has 30 heavy (non-hydrogen) atoms. The minimum atomic E-state index is -3.78. The molecule has 0 radical (unpaired) electrons. The third kappa shape index (κ3) is 6.11. The first-order valence-corrected chi connectivity index (χ1v) is 11.2. The van der Waals surface area contributed by atoms with E-state index in [9.17, 15) is 13.2 Å². The van der Waals surface area contributed by atoms with Crippen molar-refractivity contribution in [2.75, 3.05) is 44.1 Å². The van der Waals surface area contributed by atoms with Crippen LogP contribution in [0.3, 0.4) is 0 Å². The topological polar surface area (TPSA) is 97.0 Å². The number of nitrogens with zero attached hydrogens (tertiary/aromatic N) is 1. The molecular weight excluding hydrogens is 406 g/mol. The number of anilines is 2. The second kappa shape index (κ2) is 10.8. The van der Waals surface area contributed by atoms with Gasteiger partial charge in [0.15, 0.2) is 11.5 Å². The molecule has 0 aromatic heterocycles. The summed E-state index contributed by atoms with van der Waals surface area (Å²) in [4.78, 5) is 14.4. The number of methoxy groups -OCH3 is 2. The first kappa shape index (κ1) is 23.5. The number of carbonyl (C=O) groups is 1. The first-order valence-electron chi connectivity index (χ1n) is 9.71. The van der Waals surface area contributed by atoms with Crippen LogP contribution in [0.1, 0.15) is 20.3 Å². The van der Waals surface area contributed by atoms with E-state index in [1.165, 1.54) is 32.4 Å². The van der Waals surface area contributed by atoms with E-state index in [2.05, 4.69) is 28.8 Å². The lowest BCUT2D eigenvalue weighted by Gasteiger charge is -2.21. The fraction of sp³-hybridized carbons (Fsp3) is 0.381. The molecule has 2 rings (SSSR count). The smallest absolute Gasteiger partial charge is 0.240 e.